The van der Waals surface area contributed by atoms with E-state index in [1.165, 1.54) is 45.1 Å². The third-order valence-electron chi connectivity index (χ3n) is 4.79. The number of benzene rings is 2. The molecule has 3 heteroatoms. The molecular formula is C24H31N3. The van der Waals surface area contributed by atoms with Gasteiger partial charge < -0.3 is 15.7 Å². The maximum absolute atomic E-state index is 6.08. The van der Waals surface area contributed by atoms with Crippen molar-refractivity contribution in [2.75, 3.05) is 7.05 Å². The van der Waals surface area contributed by atoms with E-state index < -0.39 is 0 Å². The van der Waals surface area contributed by atoms with Crippen molar-refractivity contribution in [3.63, 3.8) is 0 Å². The van der Waals surface area contributed by atoms with Gasteiger partial charge in [-0.05, 0) is 59.0 Å². The molecule has 0 fully saturated rings. The number of rotatable bonds is 5. The van der Waals surface area contributed by atoms with E-state index in [1.807, 2.05) is 7.05 Å². The smallest absolute Gasteiger partial charge is 0.0593 e. The van der Waals surface area contributed by atoms with Gasteiger partial charge in [0.2, 0.25) is 0 Å². The molecule has 0 aliphatic rings. The molecule has 142 valence electrons. The number of hydrogen-bond donors (Lipinski definition) is 3. The van der Waals surface area contributed by atoms with E-state index in [4.69, 9.17) is 5.41 Å². The molecule has 0 saturated carbocycles. The van der Waals surface area contributed by atoms with Gasteiger partial charge in [-0.25, -0.2) is 0 Å². The van der Waals surface area contributed by atoms with Crippen molar-refractivity contribution in [2.45, 2.75) is 39.7 Å². The molecule has 2 aromatic carbocycles. The maximum Gasteiger partial charge on any atom is 0.0593 e. The Hall–Kier alpha value is -2.65. The summed E-state index contributed by atoms with van der Waals surface area (Å²) in [6.45, 7) is 12.2. The zero-order valence-electron chi connectivity index (χ0n) is 17.1. The zero-order valence-corrected chi connectivity index (χ0v) is 17.1. The predicted octanol–water partition coefficient (Wildman–Crippen LogP) is 6.20. The number of nitrogens with one attached hydrogen (secondary N) is 3. The number of aromatic amines is 1. The highest BCUT2D eigenvalue weighted by atomic mass is 15.0. The van der Waals surface area contributed by atoms with Crippen LogP contribution in [-0.2, 0) is 5.54 Å². The summed E-state index contributed by atoms with van der Waals surface area (Å²) < 4.78 is 0. The van der Waals surface area contributed by atoms with Crippen molar-refractivity contribution in [3.8, 4) is 11.1 Å². The first kappa shape index (κ1) is 20.7. The van der Waals surface area contributed by atoms with Crippen LogP contribution in [0.2, 0.25) is 0 Å². The Morgan fingerprint density at radius 1 is 1.22 bits per heavy atom. The largest absolute Gasteiger partial charge is 0.356 e. The Balaban J connectivity index is 0.000000817. The van der Waals surface area contributed by atoms with Gasteiger partial charge in [0.1, 0.15) is 0 Å². The van der Waals surface area contributed by atoms with E-state index in [0.717, 1.165) is 6.42 Å². The van der Waals surface area contributed by atoms with Crippen LogP contribution >= 0.6 is 0 Å². The average Bonchev–Trinajstić information content (AvgIpc) is 3.06. The summed E-state index contributed by atoms with van der Waals surface area (Å²) in [5, 5.41) is 10.8. The molecule has 3 rings (SSSR count). The third kappa shape index (κ3) is 4.75. The van der Waals surface area contributed by atoms with Crippen LogP contribution in [-0.4, -0.2) is 18.2 Å². The molecule has 3 N–H and O–H groups in total. The van der Waals surface area contributed by atoms with Crippen LogP contribution in [0.3, 0.4) is 0 Å². The van der Waals surface area contributed by atoms with Crippen molar-refractivity contribution < 1.29 is 0 Å². The van der Waals surface area contributed by atoms with Gasteiger partial charge in [0, 0.05) is 16.6 Å². The quantitative estimate of drug-likeness (QED) is 0.368. The van der Waals surface area contributed by atoms with Gasteiger partial charge in [-0.3, -0.25) is 0 Å². The number of fused-ring (bicyclic) bond motifs is 1. The van der Waals surface area contributed by atoms with Crippen molar-refractivity contribution in [1.82, 2.24) is 10.3 Å². The lowest BCUT2D eigenvalue weighted by Gasteiger charge is -2.28. The Labute approximate surface area is 163 Å². The molecule has 1 heterocycles. The van der Waals surface area contributed by atoms with Crippen LogP contribution in [0.1, 0.15) is 38.4 Å². The second-order valence-corrected chi connectivity index (χ2v) is 7.33. The van der Waals surface area contributed by atoms with Gasteiger partial charge in [-0.15, -0.1) is 6.58 Å². The van der Waals surface area contributed by atoms with Crippen LogP contribution in [0.15, 0.2) is 60.7 Å². The molecule has 3 aromatic rings. The van der Waals surface area contributed by atoms with E-state index in [-0.39, 0.29) is 5.54 Å². The summed E-state index contributed by atoms with van der Waals surface area (Å²) in [6.07, 6.45) is 2.15. The molecule has 0 spiro atoms. The third-order valence-corrected chi connectivity index (χ3v) is 4.79. The second kappa shape index (κ2) is 8.83. The lowest BCUT2D eigenvalue weighted by Crippen LogP contribution is -2.37. The Bertz CT molecular complexity index is 936. The highest BCUT2D eigenvalue weighted by Gasteiger charge is 2.26. The maximum atomic E-state index is 6.08. The molecule has 1 atom stereocenters. The van der Waals surface area contributed by atoms with E-state index in [1.54, 1.807) is 6.92 Å². The van der Waals surface area contributed by atoms with Crippen molar-refractivity contribution >= 4 is 17.1 Å². The molecule has 27 heavy (non-hydrogen) atoms. The number of hydrogen-bond acceptors (Lipinski definition) is 2. The first-order valence-corrected chi connectivity index (χ1v) is 9.32. The second-order valence-electron chi connectivity index (χ2n) is 7.33. The summed E-state index contributed by atoms with van der Waals surface area (Å²) in [7, 11) is 2.01. The molecule has 0 aliphatic heterocycles. The minimum absolute atomic E-state index is 0.144. The lowest BCUT2D eigenvalue weighted by atomic mass is 9.90. The van der Waals surface area contributed by atoms with Crippen molar-refractivity contribution in [3.05, 3.63) is 71.9 Å². The van der Waals surface area contributed by atoms with E-state index in [2.05, 4.69) is 86.2 Å². The molecule has 0 radical (unpaired) electrons. The normalized spacial score (nSPS) is 12.8. The fraction of sp³-hybridized carbons (Fsp3) is 0.292. The van der Waals surface area contributed by atoms with Crippen LogP contribution in [0, 0.1) is 12.3 Å². The van der Waals surface area contributed by atoms with Crippen molar-refractivity contribution in [1.29, 1.82) is 5.41 Å². The minimum atomic E-state index is -0.144. The Morgan fingerprint density at radius 2 is 1.89 bits per heavy atom. The van der Waals surface area contributed by atoms with Gasteiger partial charge >= 0.3 is 0 Å². The monoisotopic (exact) mass is 361 g/mol. The summed E-state index contributed by atoms with van der Waals surface area (Å²) >= 11 is 0. The van der Waals surface area contributed by atoms with Gasteiger partial charge in [-0.2, -0.15) is 0 Å². The Kier molecular flexibility index (Phi) is 6.75. The minimum Gasteiger partial charge on any atom is -0.356 e. The molecule has 0 unspecified atom stereocenters. The molecule has 0 amide bonds. The van der Waals surface area contributed by atoms with Crippen LogP contribution < -0.4 is 5.32 Å². The zero-order chi connectivity index (χ0) is 20.0. The molecular weight excluding hydrogens is 330 g/mol. The fourth-order valence-corrected chi connectivity index (χ4v) is 3.43. The van der Waals surface area contributed by atoms with Gasteiger partial charge in [0.15, 0.2) is 0 Å². The Morgan fingerprint density at radius 3 is 2.48 bits per heavy atom. The number of aryl methyl sites for hydroxylation is 1. The highest BCUT2D eigenvalue weighted by molar-refractivity contribution is 5.95. The highest BCUT2D eigenvalue weighted by Crippen LogP contribution is 2.34. The van der Waals surface area contributed by atoms with E-state index in [9.17, 15) is 0 Å². The summed E-state index contributed by atoms with van der Waals surface area (Å²) in [5.41, 5.74) is 7.19. The van der Waals surface area contributed by atoms with E-state index >= 15 is 0 Å². The topological polar surface area (TPSA) is 51.7 Å². The number of H-pyrrole nitrogens is 1. The SMILES string of the molecule is C=C(C)C[C@](C)(NC)c1cc2cccc(-c3cccc(C)c3)c2[nH]1.CC=N. The summed E-state index contributed by atoms with van der Waals surface area (Å²) in [4.78, 5) is 3.68. The molecule has 0 aliphatic carbocycles. The van der Waals surface area contributed by atoms with E-state index in [0.29, 0.717) is 0 Å². The van der Waals surface area contributed by atoms with Gasteiger partial charge in [0.25, 0.3) is 0 Å². The number of aromatic nitrogens is 1. The number of para-hydroxylation sites is 1. The first-order chi connectivity index (χ1) is 12.8. The molecule has 3 nitrogen and oxygen atoms in total. The first-order valence-electron chi connectivity index (χ1n) is 9.32. The summed E-state index contributed by atoms with van der Waals surface area (Å²) in [5.74, 6) is 0. The predicted molar refractivity (Wildman–Crippen MR) is 119 cm³/mol. The van der Waals surface area contributed by atoms with Crippen LogP contribution in [0.4, 0.5) is 0 Å². The summed E-state index contributed by atoms with van der Waals surface area (Å²) in [6, 6.07) is 17.4. The molecule has 1 aromatic heterocycles. The lowest BCUT2D eigenvalue weighted by molar-refractivity contribution is 0.387. The van der Waals surface area contributed by atoms with Crippen LogP contribution in [0.25, 0.3) is 22.0 Å². The van der Waals surface area contributed by atoms with Crippen molar-refractivity contribution in [2.24, 2.45) is 0 Å². The van der Waals surface area contributed by atoms with Gasteiger partial charge in [0.05, 0.1) is 11.1 Å². The molecule has 0 bridgehead atoms. The van der Waals surface area contributed by atoms with Crippen LogP contribution in [0.5, 0.6) is 0 Å². The molecule has 0 saturated heterocycles. The standard InChI is InChI=1S/C22H26N2.C2H5N/c1-15(2)14-22(4,23-5)20-13-18-10-7-11-19(21(18)24-20)17-9-6-8-16(3)12-17;1-2-3/h6-13,23-24H,1,14H2,2-5H3;2-3H,1H3/t22-;/m0./s1. The average molecular weight is 362 g/mol. The van der Waals surface area contributed by atoms with Gasteiger partial charge in [-0.1, -0.05) is 53.6 Å². The fourth-order valence-electron chi connectivity index (χ4n) is 3.43.